The van der Waals surface area contributed by atoms with E-state index in [1.807, 2.05) is 20.1 Å². The van der Waals surface area contributed by atoms with Gasteiger partial charge in [-0.1, -0.05) is 6.92 Å². The van der Waals surface area contributed by atoms with Crippen LogP contribution in [0.4, 0.5) is 11.5 Å². The first-order valence-electron chi connectivity index (χ1n) is 5.88. The van der Waals surface area contributed by atoms with Crippen LogP contribution in [0, 0.1) is 17.0 Å². The highest BCUT2D eigenvalue weighted by Gasteiger charge is 2.26. The van der Waals surface area contributed by atoms with Crippen LogP contribution in [-0.2, 0) is 0 Å². The molecule has 6 nitrogen and oxygen atoms in total. The summed E-state index contributed by atoms with van der Waals surface area (Å²) in [5.74, 6) is 0.508. The maximum Gasteiger partial charge on any atom is 0.333 e. The number of hydrogen-bond acceptors (Lipinski definition) is 5. The van der Waals surface area contributed by atoms with Gasteiger partial charge in [-0.3, -0.25) is 10.1 Å². The van der Waals surface area contributed by atoms with Crippen molar-refractivity contribution in [2.75, 3.05) is 18.1 Å². The van der Waals surface area contributed by atoms with Crippen LogP contribution in [0.2, 0.25) is 0 Å². The summed E-state index contributed by atoms with van der Waals surface area (Å²) >= 11 is 1.72. The highest BCUT2D eigenvalue weighted by molar-refractivity contribution is 7.99. The lowest BCUT2D eigenvalue weighted by atomic mass is 10.3. The van der Waals surface area contributed by atoms with Crippen LogP contribution in [-0.4, -0.2) is 32.8 Å². The minimum Gasteiger partial charge on any atom is -0.363 e. The number of nitrogens with zero attached hydrogens (tertiary/aromatic N) is 3. The van der Waals surface area contributed by atoms with Gasteiger partial charge < -0.3 is 5.32 Å². The van der Waals surface area contributed by atoms with E-state index in [0.29, 0.717) is 23.3 Å². The fourth-order valence-electron chi connectivity index (χ4n) is 1.62. The maximum absolute atomic E-state index is 11.1. The van der Waals surface area contributed by atoms with E-state index >= 15 is 0 Å². The topological polar surface area (TPSA) is 73.0 Å². The van der Waals surface area contributed by atoms with E-state index in [4.69, 9.17) is 0 Å². The summed E-state index contributed by atoms with van der Waals surface area (Å²) in [6, 6.07) is 0.0875. The summed E-state index contributed by atoms with van der Waals surface area (Å²) < 4.78 is 1.68. The average molecular weight is 272 g/mol. The molecular weight excluding hydrogens is 252 g/mol. The third-order valence-electron chi connectivity index (χ3n) is 2.68. The van der Waals surface area contributed by atoms with Crippen LogP contribution in [0.3, 0.4) is 0 Å². The second-order valence-electron chi connectivity index (χ2n) is 4.51. The fraction of sp³-hybridized carbons (Fsp3) is 0.727. The van der Waals surface area contributed by atoms with E-state index in [1.165, 1.54) is 0 Å². The van der Waals surface area contributed by atoms with E-state index in [0.717, 1.165) is 0 Å². The van der Waals surface area contributed by atoms with E-state index in [9.17, 15) is 10.1 Å². The van der Waals surface area contributed by atoms with Crippen molar-refractivity contribution in [2.24, 2.45) is 0 Å². The van der Waals surface area contributed by atoms with E-state index in [1.54, 1.807) is 23.4 Å². The van der Waals surface area contributed by atoms with Crippen molar-refractivity contribution in [1.29, 1.82) is 0 Å². The second kappa shape index (κ2) is 6.08. The van der Waals surface area contributed by atoms with Gasteiger partial charge in [-0.2, -0.15) is 16.9 Å². The molecule has 0 fully saturated rings. The van der Waals surface area contributed by atoms with Crippen molar-refractivity contribution in [3.63, 3.8) is 0 Å². The van der Waals surface area contributed by atoms with Gasteiger partial charge in [0, 0.05) is 17.8 Å². The van der Waals surface area contributed by atoms with Gasteiger partial charge in [0.1, 0.15) is 5.69 Å². The highest BCUT2D eigenvalue weighted by Crippen LogP contribution is 2.30. The number of nitrogens with one attached hydrogen (secondary N) is 1. The molecule has 7 heteroatoms. The van der Waals surface area contributed by atoms with E-state index in [-0.39, 0.29) is 16.7 Å². The summed E-state index contributed by atoms with van der Waals surface area (Å²) in [5.41, 5.74) is 0.532. The Bertz CT molecular complexity index is 431. The Morgan fingerprint density at radius 1 is 1.50 bits per heavy atom. The molecule has 0 bridgehead atoms. The Hall–Kier alpha value is -1.24. The largest absolute Gasteiger partial charge is 0.363 e. The van der Waals surface area contributed by atoms with Crippen molar-refractivity contribution in [3.05, 3.63) is 15.8 Å². The van der Waals surface area contributed by atoms with Gasteiger partial charge in [-0.15, -0.1) is 0 Å². The van der Waals surface area contributed by atoms with E-state index in [2.05, 4.69) is 17.3 Å². The van der Waals surface area contributed by atoms with Crippen LogP contribution in [0.15, 0.2) is 0 Å². The van der Waals surface area contributed by atoms with E-state index < -0.39 is 0 Å². The predicted octanol–water partition coefficient (Wildman–Crippen LogP) is 2.84. The highest BCUT2D eigenvalue weighted by atomic mass is 32.2. The lowest BCUT2D eigenvalue weighted by molar-refractivity contribution is -0.384. The zero-order chi connectivity index (χ0) is 13.9. The Labute approximate surface area is 111 Å². The molecule has 0 saturated carbocycles. The summed E-state index contributed by atoms with van der Waals surface area (Å²) in [5, 5.41) is 18.9. The standard InChI is InChI=1S/C11H20N4O2S/c1-7(2)14-11(12-6-8(3)18-5)10(15(16)17)9(4)13-14/h7-8,12H,6H2,1-5H3. The molecular formula is C11H20N4O2S. The molecule has 1 aromatic heterocycles. The Morgan fingerprint density at radius 3 is 2.56 bits per heavy atom. The van der Waals surface area contributed by atoms with Crippen LogP contribution >= 0.6 is 11.8 Å². The molecule has 1 aromatic rings. The quantitative estimate of drug-likeness (QED) is 0.636. The normalized spacial score (nSPS) is 12.8. The van der Waals surface area contributed by atoms with Gasteiger partial charge in [0.25, 0.3) is 0 Å². The monoisotopic (exact) mass is 272 g/mol. The minimum absolute atomic E-state index is 0.0806. The van der Waals surface area contributed by atoms with Crippen LogP contribution in [0.25, 0.3) is 0 Å². The first-order chi connectivity index (χ1) is 8.38. The molecule has 0 aliphatic carbocycles. The molecule has 1 atom stereocenters. The van der Waals surface area contributed by atoms with Crippen LogP contribution in [0.1, 0.15) is 32.5 Å². The van der Waals surface area contributed by atoms with Crippen molar-refractivity contribution in [2.45, 2.75) is 39.0 Å². The summed E-state index contributed by atoms with van der Waals surface area (Å²) in [6.45, 7) is 8.34. The Morgan fingerprint density at radius 2 is 2.11 bits per heavy atom. The molecule has 0 aromatic carbocycles. The molecule has 18 heavy (non-hydrogen) atoms. The van der Waals surface area contributed by atoms with Crippen molar-refractivity contribution < 1.29 is 4.92 Å². The SMILES string of the molecule is CSC(C)CNc1c([N+](=O)[O-])c(C)nn1C(C)C. The molecule has 0 amide bonds. The summed E-state index contributed by atoms with van der Waals surface area (Å²) in [4.78, 5) is 10.7. The molecule has 1 rings (SSSR count). The van der Waals surface area contributed by atoms with Gasteiger partial charge in [0.05, 0.1) is 4.92 Å². The first-order valence-corrected chi connectivity index (χ1v) is 7.17. The molecule has 0 spiro atoms. The fourth-order valence-corrected chi connectivity index (χ4v) is 1.87. The van der Waals surface area contributed by atoms with Crippen LogP contribution in [0.5, 0.6) is 0 Å². The summed E-state index contributed by atoms with van der Waals surface area (Å²) in [7, 11) is 0. The summed E-state index contributed by atoms with van der Waals surface area (Å²) in [6.07, 6.45) is 2.02. The van der Waals surface area contributed by atoms with Crippen molar-refractivity contribution in [1.82, 2.24) is 9.78 Å². The maximum atomic E-state index is 11.1. The first kappa shape index (κ1) is 14.8. The minimum atomic E-state index is -0.368. The number of aromatic nitrogens is 2. The van der Waals surface area contributed by atoms with Crippen molar-refractivity contribution >= 4 is 23.3 Å². The predicted molar refractivity (Wildman–Crippen MR) is 75.5 cm³/mol. The third kappa shape index (κ3) is 3.16. The number of hydrogen-bond donors (Lipinski definition) is 1. The smallest absolute Gasteiger partial charge is 0.333 e. The zero-order valence-corrected chi connectivity index (χ0v) is 12.2. The lowest BCUT2D eigenvalue weighted by Crippen LogP contribution is -2.17. The van der Waals surface area contributed by atoms with Gasteiger partial charge in [0.15, 0.2) is 0 Å². The molecule has 0 radical (unpaired) electrons. The molecule has 0 aliphatic heterocycles. The lowest BCUT2D eigenvalue weighted by Gasteiger charge is -2.14. The average Bonchev–Trinajstić information content (AvgIpc) is 2.63. The van der Waals surface area contributed by atoms with Gasteiger partial charge >= 0.3 is 5.69 Å². The number of rotatable bonds is 6. The number of anilines is 1. The van der Waals surface area contributed by atoms with Gasteiger partial charge in [-0.25, -0.2) is 4.68 Å². The second-order valence-corrected chi connectivity index (χ2v) is 5.78. The van der Waals surface area contributed by atoms with Gasteiger partial charge in [-0.05, 0) is 27.0 Å². The molecule has 1 unspecified atom stereocenters. The Kier molecular flexibility index (Phi) is 5.01. The van der Waals surface area contributed by atoms with Gasteiger partial charge in [0.2, 0.25) is 5.82 Å². The van der Waals surface area contributed by atoms with Crippen molar-refractivity contribution in [3.8, 4) is 0 Å². The molecule has 1 N–H and O–H groups in total. The molecule has 1 heterocycles. The number of thioether (sulfide) groups is 1. The third-order valence-corrected chi connectivity index (χ3v) is 3.66. The van der Waals surface area contributed by atoms with Crippen LogP contribution < -0.4 is 5.32 Å². The number of nitro groups is 1. The molecule has 0 aliphatic rings. The molecule has 102 valence electrons. The molecule has 0 saturated heterocycles. The zero-order valence-electron chi connectivity index (χ0n) is 11.4. The Balaban J connectivity index is 3.08. The number of aryl methyl sites for hydroxylation is 1.